The van der Waals surface area contributed by atoms with E-state index in [1.165, 1.54) is 6.92 Å². The molecule has 0 aromatic rings. The topological polar surface area (TPSA) is 23.8 Å². The van der Waals surface area contributed by atoms with Crippen LogP contribution < -0.4 is 0 Å². The van der Waals surface area contributed by atoms with E-state index < -0.39 is 58.4 Å². The molecular formula is C2H3F18NSb3-3. The maximum atomic E-state index is 9.93. The second kappa shape index (κ2) is 5.59. The Morgan fingerprint density at radius 1 is 0.417 bits per heavy atom. The molecule has 0 fully saturated rings. The fraction of sp³-hybridized carbons (Fsp3) is 0.500. The van der Waals surface area contributed by atoms with Gasteiger partial charge in [-0.05, 0) is 0 Å². The number of hydrogen-bond acceptors (Lipinski definition) is 1. The summed E-state index contributed by atoms with van der Waals surface area (Å²) in [6.07, 6.45) is 0. The monoisotopic (exact) mass is 746 g/mol. The Labute approximate surface area is 126 Å². The van der Waals surface area contributed by atoms with E-state index in [0.717, 1.165) is 0 Å². The Kier molecular flexibility index (Phi) is 7.54. The third-order valence-electron chi connectivity index (χ3n) is 0. The molecule has 0 N–H and O–H groups in total. The van der Waals surface area contributed by atoms with Crippen LogP contribution in [0.5, 0.6) is 0 Å². The Hall–Kier alpha value is 0.685. The number of rotatable bonds is 0. The van der Waals surface area contributed by atoms with Gasteiger partial charge >= 0.3 is 109 Å². The second-order valence-electron chi connectivity index (χ2n) is 3.10. The summed E-state index contributed by atoms with van der Waals surface area (Å²) < 4.78 is 179. The minimum absolute atomic E-state index is 1.43. The summed E-state index contributed by atoms with van der Waals surface area (Å²) in [4.78, 5) is 0. The molecule has 0 atom stereocenters. The van der Waals surface area contributed by atoms with Crippen molar-refractivity contribution in [2.75, 3.05) is 0 Å². The predicted octanol–water partition coefficient (Wildman–Crippen LogP) is 6.95. The quantitative estimate of drug-likeness (QED) is 0.195. The number of hydrogen-bond donors (Lipinski definition) is 0. The van der Waals surface area contributed by atoms with Gasteiger partial charge in [0, 0.05) is 6.92 Å². The summed E-state index contributed by atoms with van der Waals surface area (Å²) in [5, 5.41) is 7.32. The Balaban J connectivity index is -0.000000115. The van der Waals surface area contributed by atoms with E-state index >= 15 is 0 Å². The van der Waals surface area contributed by atoms with Crippen molar-refractivity contribution < 1.29 is 50.6 Å². The van der Waals surface area contributed by atoms with E-state index in [2.05, 4.69) is 0 Å². The van der Waals surface area contributed by atoms with Gasteiger partial charge in [-0.3, -0.25) is 0 Å². The first kappa shape index (κ1) is 32.4. The third kappa shape index (κ3) is 22800. The molecule has 0 aliphatic carbocycles. The Morgan fingerprint density at radius 3 is 0.417 bits per heavy atom. The zero-order valence-electron chi connectivity index (χ0n) is 10.1. The predicted molar refractivity (Wildman–Crippen MR) is 48.5 cm³/mol. The molecule has 0 aliphatic rings. The molecule has 0 aliphatic heterocycles. The number of nitrogens with zero attached hydrogens (tertiary/aromatic N) is 1. The van der Waals surface area contributed by atoms with E-state index in [0.29, 0.717) is 0 Å². The number of halogens is 18. The van der Waals surface area contributed by atoms with Gasteiger partial charge in [0.1, 0.15) is 0 Å². The molecule has 0 radical (unpaired) electrons. The van der Waals surface area contributed by atoms with Crippen LogP contribution in [0.3, 0.4) is 0 Å². The van der Waals surface area contributed by atoms with E-state index in [1.54, 1.807) is 6.07 Å². The molecular weight excluding hydrogens is 745 g/mol. The van der Waals surface area contributed by atoms with Gasteiger partial charge < -0.3 is 0 Å². The molecule has 0 saturated heterocycles. The van der Waals surface area contributed by atoms with Crippen LogP contribution in [0.15, 0.2) is 0 Å². The molecule has 24 heavy (non-hydrogen) atoms. The summed E-state index contributed by atoms with van der Waals surface area (Å²) in [5.74, 6) is 0. The van der Waals surface area contributed by atoms with Gasteiger partial charge in [-0.15, -0.1) is 0 Å². The first-order valence-corrected chi connectivity index (χ1v) is 21.1. The first-order valence-electron chi connectivity index (χ1n) is 3.77. The van der Waals surface area contributed by atoms with E-state index in [-0.39, 0.29) is 0 Å². The van der Waals surface area contributed by atoms with Crippen LogP contribution in [0.25, 0.3) is 0 Å². The van der Waals surface area contributed by atoms with Crippen molar-refractivity contribution in [3.8, 4) is 6.07 Å². The first-order chi connectivity index (χ1) is 8.76. The molecule has 0 aromatic heterocycles. The molecule has 0 spiro atoms. The average molecular weight is 748 g/mol. The van der Waals surface area contributed by atoms with Crippen LogP contribution in [-0.2, 0) is 0 Å². The average Bonchev–Trinajstić information content (AvgIpc) is 1.57. The maximum absolute atomic E-state index is 11.2. The molecule has 0 unspecified atom stereocenters. The molecule has 0 heterocycles. The molecule has 0 bridgehead atoms. The van der Waals surface area contributed by atoms with Gasteiger partial charge in [0.25, 0.3) is 0 Å². The van der Waals surface area contributed by atoms with Crippen LogP contribution in [-0.4, -0.2) is 58.4 Å². The standard InChI is InChI=1S/C2H3N.18FH.3Sb/c1-2-3;;;;;;;;;;;;;;;;;;;;;/h1H3;18*1H;;;/q;;;;;;;;;;;;;;;;;;;3*+5/p-18. The fourth-order valence-corrected chi connectivity index (χ4v) is 0. The van der Waals surface area contributed by atoms with Crippen LogP contribution in [0.4, 0.5) is 50.6 Å². The van der Waals surface area contributed by atoms with Crippen LogP contribution in [0.2, 0.25) is 0 Å². The molecule has 160 valence electrons. The summed E-state index contributed by atoms with van der Waals surface area (Å²) in [6, 6.07) is 1.75. The van der Waals surface area contributed by atoms with E-state index in [4.69, 9.17) is 5.26 Å². The van der Waals surface area contributed by atoms with Crippen molar-refractivity contribution in [3.05, 3.63) is 0 Å². The molecule has 0 saturated carbocycles. The number of nitriles is 1. The molecule has 0 aromatic carbocycles. The SMILES string of the molecule is CC#N.[F][Sb-]([F])([F])([F])([F])[F].[F][Sb-]([F])([F])([F])([F])[F].[F][Sb-]([F])([F])([F])([F])[F]. The van der Waals surface area contributed by atoms with Gasteiger partial charge in [-0.2, -0.15) is 5.26 Å². The fourth-order valence-electron chi connectivity index (χ4n) is 0. The summed E-state index contributed by atoms with van der Waals surface area (Å²) in [7, 11) is 0. The zero-order chi connectivity index (χ0) is 21.9. The van der Waals surface area contributed by atoms with Crippen molar-refractivity contribution in [2.24, 2.45) is 0 Å². The van der Waals surface area contributed by atoms with Crippen LogP contribution in [0.1, 0.15) is 6.92 Å². The molecule has 0 rings (SSSR count). The zero-order valence-corrected chi connectivity index (χ0v) is 17.8. The van der Waals surface area contributed by atoms with Crippen molar-refractivity contribution in [2.45, 2.75) is 6.92 Å². The summed E-state index contributed by atoms with van der Waals surface area (Å²) in [6.45, 7) is 1.43. The van der Waals surface area contributed by atoms with Crippen molar-refractivity contribution in [1.82, 2.24) is 0 Å². The normalized spacial score (nSPS) is 20.6. The summed E-state index contributed by atoms with van der Waals surface area (Å²) in [5.41, 5.74) is 0. The van der Waals surface area contributed by atoms with E-state index in [9.17, 15) is 50.6 Å². The van der Waals surface area contributed by atoms with Gasteiger partial charge in [-0.25, -0.2) is 0 Å². The van der Waals surface area contributed by atoms with Gasteiger partial charge in [-0.1, -0.05) is 0 Å². The van der Waals surface area contributed by atoms with Crippen molar-refractivity contribution in [3.63, 3.8) is 0 Å². The Morgan fingerprint density at radius 2 is 0.417 bits per heavy atom. The van der Waals surface area contributed by atoms with Crippen molar-refractivity contribution in [1.29, 1.82) is 5.26 Å². The van der Waals surface area contributed by atoms with Gasteiger partial charge in [0.15, 0.2) is 0 Å². The molecule has 22 heteroatoms. The molecule has 0 amide bonds. The van der Waals surface area contributed by atoms with Gasteiger partial charge in [0.05, 0.1) is 6.07 Å². The van der Waals surface area contributed by atoms with Crippen LogP contribution >= 0.6 is 0 Å². The third-order valence-corrected chi connectivity index (χ3v) is 0. The van der Waals surface area contributed by atoms with Crippen LogP contribution in [0, 0.1) is 11.3 Å². The summed E-state index contributed by atoms with van der Waals surface area (Å²) >= 11 is -33.8. The Bertz CT molecular complexity index is 350. The molecule has 1 nitrogen and oxygen atoms in total. The minimum atomic E-state index is -11.2. The van der Waals surface area contributed by atoms with Gasteiger partial charge in [0.2, 0.25) is 0 Å². The second-order valence-corrected chi connectivity index (χ2v) is 19.5. The van der Waals surface area contributed by atoms with Crippen molar-refractivity contribution >= 4 is 58.4 Å². The van der Waals surface area contributed by atoms with E-state index in [1.807, 2.05) is 0 Å².